The van der Waals surface area contributed by atoms with Gasteiger partial charge in [-0.05, 0) is 42.5 Å². The van der Waals surface area contributed by atoms with Crippen LogP contribution in [0.15, 0.2) is 35.7 Å². The summed E-state index contributed by atoms with van der Waals surface area (Å²) in [6.45, 7) is 2.75. The average molecular weight is 440 g/mol. The van der Waals surface area contributed by atoms with Crippen LogP contribution < -0.4 is 10.1 Å². The van der Waals surface area contributed by atoms with E-state index < -0.39 is 17.8 Å². The van der Waals surface area contributed by atoms with Gasteiger partial charge in [0.25, 0.3) is 0 Å². The maximum absolute atomic E-state index is 13.0. The lowest BCUT2D eigenvalue weighted by molar-refractivity contribution is -0.139. The lowest BCUT2D eigenvalue weighted by Gasteiger charge is -2.27. The van der Waals surface area contributed by atoms with E-state index in [-0.39, 0.29) is 37.0 Å². The van der Waals surface area contributed by atoms with Gasteiger partial charge in [0, 0.05) is 30.8 Å². The number of rotatable bonds is 7. The quantitative estimate of drug-likeness (QED) is 0.708. The number of carbonyl (C=O) groups excluding carboxylic acids is 2. The summed E-state index contributed by atoms with van der Waals surface area (Å²) in [5, 5.41) is 4.68. The molecule has 2 amide bonds. The molecule has 1 N–H and O–H groups in total. The van der Waals surface area contributed by atoms with Crippen molar-refractivity contribution < 1.29 is 27.5 Å². The maximum Gasteiger partial charge on any atom is 0.419 e. The number of hydrogen-bond acceptors (Lipinski definition) is 4. The Labute approximate surface area is 176 Å². The van der Waals surface area contributed by atoms with E-state index in [9.17, 15) is 22.8 Å². The minimum absolute atomic E-state index is 0.0231. The summed E-state index contributed by atoms with van der Waals surface area (Å²) in [5.41, 5.74) is 0.304. The highest BCUT2D eigenvalue weighted by Crippen LogP contribution is 2.35. The molecule has 0 saturated carbocycles. The molecule has 1 aromatic heterocycles. The predicted octanol–water partition coefficient (Wildman–Crippen LogP) is 4.02. The molecule has 3 rings (SSSR count). The predicted molar refractivity (Wildman–Crippen MR) is 107 cm³/mol. The van der Waals surface area contributed by atoms with Gasteiger partial charge >= 0.3 is 6.18 Å². The van der Waals surface area contributed by atoms with Gasteiger partial charge in [0.1, 0.15) is 12.4 Å². The molecule has 9 heteroatoms. The Hall–Kier alpha value is -2.55. The Kier molecular flexibility index (Phi) is 7.02. The van der Waals surface area contributed by atoms with Crippen molar-refractivity contribution in [3.8, 4) is 5.75 Å². The standard InChI is InChI=1S/C21H23F3N2O3S/c1-14(13-29-17-5-3-2-4-16(17)21(22,23)24)25-19(27)6-7-20(28)26-10-8-18-15(12-26)9-11-30-18/h2-5,9,11,14H,6-8,10,12-13H2,1H3,(H,25,27). The van der Waals surface area contributed by atoms with Crippen LogP contribution in [0.5, 0.6) is 5.75 Å². The minimum atomic E-state index is -4.51. The number of amides is 2. The van der Waals surface area contributed by atoms with Gasteiger partial charge in [-0.15, -0.1) is 11.3 Å². The molecule has 0 fully saturated rings. The number of halogens is 3. The fraction of sp³-hybridized carbons (Fsp3) is 0.429. The summed E-state index contributed by atoms with van der Waals surface area (Å²) >= 11 is 1.69. The van der Waals surface area contributed by atoms with Gasteiger partial charge in [0.2, 0.25) is 11.8 Å². The molecule has 162 valence electrons. The van der Waals surface area contributed by atoms with Crippen LogP contribution in [0.1, 0.15) is 35.8 Å². The fourth-order valence-electron chi connectivity index (χ4n) is 3.27. The number of benzene rings is 1. The molecule has 0 radical (unpaired) electrons. The number of nitrogens with zero attached hydrogens (tertiary/aromatic N) is 1. The Bertz CT molecular complexity index is 898. The molecule has 1 atom stereocenters. The zero-order chi connectivity index (χ0) is 21.7. The molecule has 30 heavy (non-hydrogen) atoms. The molecule has 0 spiro atoms. The molecular weight excluding hydrogens is 417 g/mol. The number of nitrogens with one attached hydrogen (secondary N) is 1. The SMILES string of the molecule is CC(COc1ccccc1C(F)(F)F)NC(=O)CCC(=O)N1CCc2sccc2C1. The van der Waals surface area contributed by atoms with Gasteiger partial charge in [-0.1, -0.05) is 12.1 Å². The lowest BCUT2D eigenvalue weighted by Crippen LogP contribution is -2.39. The van der Waals surface area contributed by atoms with Crippen molar-refractivity contribution in [3.63, 3.8) is 0 Å². The highest BCUT2D eigenvalue weighted by Gasteiger charge is 2.34. The molecular formula is C21H23F3N2O3S. The van der Waals surface area contributed by atoms with Crippen molar-refractivity contribution in [1.29, 1.82) is 0 Å². The molecule has 5 nitrogen and oxygen atoms in total. The zero-order valence-electron chi connectivity index (χ0n) is 16.5. The van der Waals surface area contributed by atoms with Crippen LogP contribution >= 0.6 is 11.3 Å². The molecule has 0 bridgehead atoms. The van der Waals surface area contributed by atoms with Crippen molar-refractivity contribution in [3.05, 3.63) is 51.7 Å². The first kappa shape index (κ1) is 22.1. The van der Waals surface area contributed by atoms with Crippen molar-refractivity contribution in [2.75, 3.05) is 13.2 Å². The maximum atomic E-state index is 13.0. The van der Waals surface area contributed by atoms with Crippen LogP contribution in [0, 0.1) is 0 Å². The van der Waals surface area contributed by atoms with Crippen LogP contribution in [-0.2, 0) is 28.7 Å². The van der Waals surface area contributed by atoms with E-state index in [0.29, 0.717) is 13.1 Å². The van der Waals surface area contributed by atoms with E-state index in [4.69, 9.17) is 4.74 Å². The van der Waals surface area contributed by atoms with E-state index in [1.165, 1.54) is 23.1 Å². The van der Waals surface area contributed by atoms with Crippen molar-refractivity contribution in [1.82, 2.24) is 10.2 Å². The Morgan fingerprint density at radius 2 is 2.00 bits per heavy atom. The third-order valence-corrected chi connectivity index (χ3v) is 5.84. The van der Waals surface area contributed by atoms with Crippen molar-refractivity contribution >= 4 is 23.2 Å². The van der Waals surface area contributed by atoms with Crippen LogP contribution in [0.3, 0.4) is 0 Å². The normalized spacial score (nSPS) is 14.7. The molecule has 0 aliphatic carbocycles. The Morgan fingerprint density at radius 1 is 1.23 bits per heavy atom. The molecule has 2 aromatic rings. The monoisotopic (exact) mass is 440 g/mol. The Balaban J connectivity index is 1.42. The molecule has 2 heterocycles. The molecule has 1 aromatic carbocycles. The number of para-hydroxylation sites is 1. The van der Waals surface area contributed by atoms with E-state index in [2.05, 4.69) is 5.32 Å². The van der Waals surface area contributed by atoms with Gasteiger partial charge in [0.15, 0.2) is 0 Å². The molecule has 1 aliphatic heterocycles. The van der Waals surface area contributed by atoms with Crippen LogP contribution in [0.4, 0.5) is 13.2 Å². The van der Waals surface area contributed by atoms with Gasteiger partial charge in [-0.25, -0.2) is 0 Å². The first-order valence-electron chi connectivity index (χ1n) is 9.65. The van der Waals surface area contributed by atoms with E-state index in [1.54, 1.807) is 23.2 Å². The van der Waals surface area contributed by atoms with Gasteiger partial charge in [-0.3, -0.25) is 9.59 Å². The summed E-state index contributed by atoms with van der Waals surface area (Å²) in [6, 6.07) is 6.46. The van der Waals surface area contributed by atoms with Crippen LogP contribution in [0.2, 0.25) is 0 Å². The molecule has 0 saturated heterocycles. The second-order valence-electron chi connectivity index (χ2n) is 7.21. The second kappa shape index (κ2) is 9.51. The summed E-state index contributed by atoms with van der Waals surface area (Å²) in [7, 11) is 0. The Morgan fingerprint density at radius 3 is 2.77 bits per heavy atom. The van der Waals surface area contributed by atoms with E-state index in [0.717, 1.165) is 18.1 Å². The minimum Gasteiger partial charge on any atom is -0.491 e. The van der Waals surface area contributed by atoms with E-state index in [1.807, 2.05) is 11.4 Å². The zero-order valence-corrected chi connectivity index (χ0v) is 17.3. The van der Waals surface area contributed by atoms with Crippen LogP contribution in [-0.4, -0.2) is 35.9 Å². The smallest absolute Gasteiger partial charge is 0.419 e. The van der Waals surface area contributed by atoms with Gasteiger partial charge in [0.05, 0.1) is 11.6 Å². The summed E-state index contributed by atoms with van der Waals surface area (Å²) < 4.78 is 44.2. The summed E-state index contributed by atoms with van der Waals surface area (Å²) in [4.78, 5) is 27.6. The largest absolute Gasteiger partial charge is 0.491 e. The number of thiophene rings is 1. The van der Waals surface area contributed by atoms with Crippen molar-refractivity contribution in [2.45, 2.75) is 44.9 Å². The fourth-order valence-corrected chi connectivity index (χ4v) is 4.16. The van der Waals surface area contributed by atoms with Crippen molar-refractivity contribution in [2.24, 2.45) is 0 Å². The third kappa shape index (κ3) is 5.75. The number of carbonyl (C=O) groups is 2. The first-order chi connectivity index (χ1) is 14.2. The molecule has 1 aliphatic rings. The second-order valence-corrected chi connectivity index (χ2v) is 8.21. The number of hydrogen-bond donors (Lipinski definition) is 1. The van der Waals surface area contributed by atoms with Crippen LogP contribution in [0.25, 0.3) is 0 Å². The first-order valence-corrected chi connectivity index (χ1v) is 10.5. The third-order valence-electron chi connectivity index (χ3n) is 4.81. The lowest BCUT2D eigenvalue weighted by atomic mass is 10.1. The topological polar surface area (TPSA) is 58.6 Å². The highest BCUT2D eigenvalue weighted by atomic mass is 32.1. The summed E-state index contributed by atoms with van der Waals surface area (Å²) in [6.07, 6.45) is -3.56. The van der Waals surface area contributed by atoms with Gasteiger partial charge < -0.3 is 15.0 Å². The average Bonchev–Trinajstić information content (AvgIpc) is 3.18. The number of fused-ring (bicyclic) bond motifs is 1. The highest BCUT2D eigenvalue weighted by molar-refractivity contribution is 7.10. The number of ether oxygens (including phenoxy) is 1. The van der Waals surface area contributed by atoms with E-state index >= 15 is 0 Å². The number of alkyl halides is 3. The summed E-state index contributed by atoms with van der Waals surface area (Å²) in [5.74, 6) is -0.694. The van der Waals surface area contributed by atoms with Gasteiger partial charge in [-0.2, -0.15) is 13.2 Å². The molecule has 1 unspecified atom stereocenters.